The van der Waals surface area contributed by atoms with Gasteiger partial charge in [-0.1, -0.05) is 54.6 Å². The quantitative estimate of drug-likeness (QED) is 0.582. The van der Waals surface area contributed by atoms with Gasteiger partial charge in [0.15, 0.2) is 0 Å². The van der Waals surface area contributed by atoms with Crippen LogP contribution in [-0.4, -0.2) is 17.0 Å². The molecule has 0 bridgehead atoms. The highest BCUT2D eigenvalue weighted by molar-refractivity contribution is 7.99. The maximum Gasteiger partial charge on any atom is 0.252 e. The lowest BCUT2D eigenvalue weighted by atomic mass is 10.2. The lowest BCUT2D eigenvalue weighted by Gasteiger charge is -2.17. The minimum absolute atomic E-state index is 0.0281. The van der Waals surface area contributed by atoms with Crippen LogP contribution in [0, 0.1) is 0 Å². The molecule has 2 rings (SSSR count). The zero-order chi connectivity index (χ0) is 15.6. The molecule has 22 heavy (non-hydrogen) atoms. The molecule has 0 aliphatic carbocycles. The van der Waals surface area contributed by atoms with Gasteiger partial charge in [0.05, 0.1) is 5.37 Å². The molecule has 2 aromatic rings. The second-order valence-corrected chi connectivity index (χ2v) is 6.27. The minimum Gasteiger partial charge on any atom is -0.340 e. The van der Waals surface area contributed by atoms with E-state index >= 15 is 0 Å². The Morgan fingerprint density at radius 3 is 2.36 bits per heavy atom. The van der Waals surface area contributed by atoms with Crippen molar-refractivity contribution in [1.29, 1.82) is 0 Å². The van der Waals surface area contributed by atoms with E-state index < -0.39 is 0 Å². The molecule has 0 spiro atoms. The first-order valence-corrected chi connectivity index (χ1v) is 8.47. The van der Waals surface area contributed by atoms with E-state index in [9.17, 15) is 4.79 Å². The van der Waals surface area contributed by atoms with Crippen LogP contribution in [0.15, 0.2) is 73.3 Å². The van der Waals surface area contributed by atoms with E-state index in [2.05, 4.69) is 36.2 Å². The molecule has 0 heterocycles. The summed E-state index contributed by atoms with van der Waals surface area (Å²) in [5.74, 6) is 0.942. The highest BCUT2D eigenvalue weighted by Crippen LogP contribution is 2.15. The molecule has 0 aromatic heterocycles. The number of rotatable bonds is 8. The largest absolute Gasteiger partial charge is 0.340 e. The second-order valence-electron chi connectivity index (χ2n) is 4.96. The minimum atomic E-state index is -0.0281. The average molecular weight is 311 g/mol. The summed E-state index contributed by atoms with van der Waals surface area (Å²) in [6, 6.07) is 19.7. The second kappa shape index (κ2) is 9.11. The van der Waals surface area contributed by atoms with Crippen molar-refractivity contribution in [3.05, 3.63) is 84.4 Å². The van der Waals surface area contributed by atoms with Gasteiger partial charge >= 0.3 is 0 Å². The van der Waals surface area contributed by atoms with Gasteiger partial charge in [-0.25, -0.2) is 0 Å². The van der Waals surface area contributed by atoms with Gasteiger partial charge in [-0.3, -0.25) is 4.79 Å². The van der Waals surface area contributed by atoms with Gasteiger partial charge in [0.2, 0.25) is 0 Å². The van der Waals surface area contributed by atoms with E-state index in [1.165, 1.54) is 5.56 Å². The number of amides is 1. The highest BCUT2D eigenvalue weighted by atomic mass is 32.2. The predicted octanol–water partition coefficient (Wildman–Crippen LogP) is 4.29. The Bertz CT molecular complexity index is 583. The summed E-state index contributed by atoms with van der Waals surface area (Å²) < 4.78 is 0. The van der Waals surface area contributed by atoms with Crippen LogP contribution in [-0.2, 0) is 6.42 Å². The normalized spacial score (nSPS) is 11.6. The lowest BCUT2D eigenvalue weighted by molar-refractivity contribution is 0.0950. The molecule has 0 fully saturated rings. The van der Waals surface area contributed by atoms with Crippen LogP contribution in [0.3, 0.4) is 0 Å². The van der Waals surface area contributed by atoms with Crippen molar-refractivity contribution in [2.24, 2.45) is 0 Å². The first-order valence-electron chi connectivity index (χ1n) is 7.42. The van der Waals surface area contributed by atoms with E-state index in [0.29, 0.717) is 5.56 Å². The van der Waals surface area contributed by atoms with Crippen LogP contribution in [0.5, 0.6) is 0 Å². The Kier molecular flexibility index (Phi) is 6.78. The molecule has 2 aromatic carbocycles. The van der Waals surface area contributed by atoms with E-state index in [1.54, 1.807) is 11.8 Å². The van der Waals surface area contributed by atoms with Crippen molar-refractivity contribution in [3.8, 4) is 0 Å². The van der Waals surface area contributed by atoms with E-state index in [4.69, 9.17) is 0 Å². The summed E-state index contributed by atoms with van der Waals surface area (Å²) in [6.45, 7) is 3.78. The van der Waals surface area contributed by atoms with Gasteiger partial charge in [0.1, 0.15) is 0 Å². The van der Waals surface area contributed by atoms with Crippen LogP contribution < -0.4 is 5.32 Å². The van der Waals surface area contributed by atoms with Gasteiger partial charge in [-0.05, 0) is 36.3 Å². The van der Waals surface area contributed by atoms with Gasteiger partial charge in [0.25, 0.3) is 5.91 Å². The van der Waals surface area contributed by atoms with Crippen LogP contribution >= 0.6 is 11.8 Å². The summed E-state index contributed by atoms with van der Waals surface area (Å²) in [5, 5.41) is 3.14. The number of carbonyl (C=O) groups is 1. The molecule has 0 aliphatic rings. The Morgan fingerprint density at radius 2 is 1.73 bits per heavy atom. The smallest absolute Gasteiger partial charge is 0.252 e. The van der Waals surface area contributed by atoms with E-state index in [-0.39, 0.29) is 11.3 Å². The number of hydrogen-bond donors (Lipinski definition) is 1. The third-order valence-corrected chi connectivity index (χ3v) is 4.41. The fourth-order valence-electron chi connectivity index (χ4n) is 2.10. The molecule has 1 atom stereocenters. The number of benzene rings is 2. The molecule has 0 saturated heterocycles. The first kappa shape index (κ1) is 16.4. The van der Waals surface area contributed by atoms with Crippen LogP contribution in [0.4, 0.5) is 0 Å². The Hall–Kier alpha value is -2.00. The Balaban J connectivity index is 1.84. The number of thioether (sulfide) groups is 1. The summed E-state index contributed by atoms with van der Waals surface area (Å²) >= 11 is 1.76. The lowest BCUT2D eigenvalue weighted by Crippen LogP contribution is -2.32. The van der Waals surface area contributed by atoms with Crippen molar-refractivity contribution in [2.45, 2.75) is 18.2 Å². The fourth-order valence-corrected chi connectivity index (χ4v) is 3.20. The zero-order valence-corrected chi connectivity index (χ0v) is 13.4. The van der Waals surface area contributed by atoms with Crippen molar-refractivity contribution in [3.63, 3.8) is 0 Å². The standard InChI is InChI=1S/C19H21NOS/c1-2-9-18(20-19(21)17-12-7-4-8-13-17)22-15-14-16-10-5-3-6-11-16/h2-8,10-13,18H,1,9,14-15H2,(H,20,21). The Labute approximate surface area is 136 Å². The maximum absolute atomic E-state index is 12.2. The number of carbonyl (C=O) groups excluding carboxylic acids is 1. The van der Waals surface area contributed by atoms with Gasteiger partial charge in [-0.15, -0.1) is 18.3 Å². The van der Waals surface area contributed by atoms with Crippen molar-refractivity contribution in [1.82, 2.24) is 5.32 Å². The zero-order valence-electron chi connectivity index (χ0n) is 12.6. The molecular formula is C19H21NOS. The molecule has 114 valence electrons. The molecule has 0 saturated carbocycles. The maximum atomic E-state index is 12.2. The van der Waals surface area contributed by atoms with Gasteiger partial charge in [0, 0.05) is 5.56 Å². The summed E-state index contributed by atoms with van der Waals surface area (Å²) in [6.07, 6.45) is 3.61. The molecule has 2 nitrogen and oxygen atoms in total. The molecule has 1 amide bonds. The molecule has 1 unspecified atom stereocenters. The van der Waals surface area contributed by atoms with E-state index in [0.717, 1.165) is 18.6 Å². The summed E-state index contributed by atoms with van der Waals surface area (Å²) in [7, 11) is 0. The predicted molar refractivity (Wildman–Crippen MR) is 95.1 cm³/mol. The first-order chi connectivity index (χ1) is 10.8. The topological polar surface area (TPSA) is 29.1 Å². The Morgan fingerprint density at radius 1 is 1.09 bits per heavy atom. The van der Waals surface area contributed by atoms with Crippen LogP contribution in [0.25, 0.3) is 0 Å². The molecular weight excluding hydrogens is 290 g/mol. The van der Waals surface area contributed by atoms with Crippen LogP contribution in [0.1, 0.15) is 22.3 Å². The monoisotopic (exact) mass is 311 g/mol. The van der Waals surface area contributed by atoms with Gasteiger partial charge < -0.3 is 5.32 Å². The van der Waals surface area contributed by atoms with Crippen molar-refractivity contribution >= 4 is 17.7 Å². The van der Waals surface area contributed by atoms with Crippen LogP contribution in [0.2, 0.25) is 0 Å². The highest BCUT2D eigenvalue weighted by Gasteiger charge is 2.12. The molecule has 0 aliphatic heterocycles. The number of nitrogens with one attached hydrogen (secondary N) is 1. The van der Waals surface area contributed by atoms with Gasteiger partial charge in [-0.2, -0.15) is 0 Å². The van der Waals surface area contributed by atoms with Crippen molar-refractivity contribution < 1.29 is 4.79 Å². The molecule has 3 heteroatoms. The van der Waals surface area contributed by atoms with E-state index in [1.807, 2.05) is 42.5 Å². The van der Waals surface area contributed by atoms with Crippen molar-refractivity contribution in [2.75, 3.05) is 5.75 Å². The fraction of sp³-hybridized carbons (Fsp3) is 0.211. The third-order valence-electron chi connectivity index (χ3n) is 3.26. The number of aryl methyl sites for hydroxylation is 1. The number of hydrogen-bond acceptors (Lipinski definition) is 2. The SMILES string of the molecule is C=CCC(NC(=O)c1ccccc1)SCCc1ccccc1. The summed E-state index contributed by atoms with van der Waals surface area (Å²) in [4.78, 5) is 12.2. The third kappa shape index (κ3) is 5.41. The average Bonchev–Trinajstić information content (AvgIpc) is 2.57. The molecule has 1 N–H and O–H groups in total. The summed E-state index contributed by atoms with van der Waals surface area (Å²) in [5.41, 5.74) is 2.02. The molecule has 0 radical (unpaired) electrons.